The monoisotopic (exact) mass is 457 g/mol. The van der Waals surface area contributed by atoms with Gasteiger partial charge in [0.15, 0.2) is 0 Å². The summed E-state index contributed by atoms with van der Waals surface area (Å²) in [6, 6.07) is 16.4. The summed E-state index contributed by atoms with van der Waals surface area (Å²) in [7, 11) is -3.78. The van der Waals surface area contributed by atoms with Crippen molar-refractivity contribution in [2.45, 2.75) is 58.1 Å². The van der Waals surface area contributed by atoms with Gasteiger partial charge in [-0.05, 0) is 70.7 Å². The second-order valence-electron chi connectivity index (χ2n) is 9.28. The van der Waals surface area contributed by atoms with Crippen molar-refractivity contribution in [2.24, 2.45) is 0 Å². The lowest BCUT2D eigenvalue weighted by Gasteiger charge is -2.37. The van der Waals surface area contributed by atoms with Gasteiger partial charge in [-0.1, -0.05) is 30.3 Å². The van der Waals surface area contributed by atoms with E-state index in [4.69, 9.17) is 4.74 Å². The number of rotatable bonds is 4. The molecule has 0 radical (unpaired) electrons. The van der Waals surface area contributed by atoms with Gasteiger partial charge in [0.05, 0.1) is 17.1 Å². The standard InChI is InChI=1S/C24H31N3O4S/c1-24(2,3)31-23(28)25-17-10-9-11-19(25)16-18-26-21-14-7-8-15-22(21)27(32(26,29)30)20-12-5-4-6-13-20/h4-8,12-15,19H,9-11,16-18H2,1-3H3. The second kappa shape index (κ2) is 8.65. The van der Waals surface area contributed by atoms with Gasteiger partial charge >= 0.3 is 16.3 Å². The summed E-state index contributed by atoms with van der Waals surface area (Å²) in [5, 5.41) is 0. The number of anilines is 3. The van der Waals surface area contributed by atoms with Crippen LogP contribution < -0.4 is 8.61 Å². The molecule has 172 valence electrons. The molecule has 2 heterocycles. The highest BCUT2D eigenvalue weighted by atomic mass is 32.2. The van der Waals surface area contributed by atoms with E-state index in [9.17, 15) is 13.2 Å². The zero-order valence-electron chi connectivity index (χ0n) is 18.9. The van der Waals surface area contributed by atoms with Gasteiger partial charge in [0, 0.05) is 19.1 Å². The fraction of sp³-hybridized carbons (Fsp3) is 0.458. The maximum atomic E-state index is 13.6. The normalized spacial score (nSPS) is 20.2. The van der Waals surface area contributed by atoms with Crippen LogP contribution in [0.1, 0.15) is 46.5 Å². The van der Waals surface area contributed by atoms with Crippen LogP contribution in [-0.2, 0) is 14.9 Å². The van der Waals surface area contributed by atoms with Gasteiger partial charge in [0.1, 0.15) is 5.60 Å². The van der Waals surface area contributed by atoms with Crippen molar-refractivity contribution in [1.29, 1.82) is 0 Å². The summed E-state index contributed by atoms with van der Waals surface area (Å²) in [4.78, 5) is 14.5. The predicted octanol–water partition coefficient (Wildman–Crippen LogP) is 5.07. The molecule has 1 saturated heterocycles. The van der Waals surface area contributed by atoms with Gasteiger partial charge in [0.2, 0.25) is 0 Å². The number of ether oxygens (including phenoxy) is 1. The van der Waals surface area contributed by atoms with Crippen LogP contribution in [0.3, 0.4) is 0 Å². The van der Waals surface area contributed by atoms with Crippen molar-refractivity contribution in [3.8, 4) is 0 Å². The summed E-state index contributed by atoms with van der Waals surface area (Å²) in [6.45, 7) is 6.51. The maximum Gasteiger partial charge on any atom is 0.410 e. The first kappa shape index (κ1) is 22.5. The van der Waals surface area contributed by atoms with E-state index in [1.165, 1.54) is 8.61 Å². The van der Waals surface area contributed by atoms with Crippen LogP contribution in [-0.4, -0.2) is 44.1 Å². The average Bonchev–Trinajstić information content (AvgIpc) is 2.97. The van der Waals surface area contributed by atoms with Gasteiger partial charge < -0.3 is 9.64 Å². The van der Waals surface area contributed by atoms with Crippen LogP contribution in [0.15, 0.2) is 54.6 Å². The second-order valence-corrected chi connectivity index (χ2v) is 11.0. The number of carbonyl (C=O) groups excluding carboxylic acids is 1. The molecule has 0 aliphatic carbocycles. The molecule has 2 aromatic carbocycles. The molecule has 1 unspecified atom stereocenters. The van der Waals surface area contributed by atoms with Crippen LogP contribution in [0.25, 0.3) is 0 Å². The van der Waals surface area contributed by atoms with Gasteiger partial charge in [0.25, 0.3) is 0 Å². The lowest BCUT2D eigenvalue weighted by molar-refractivity contribution is 0.00922. The third-order valence-electron chi connectivity index (χ3n) is 5.79. The fourth-order valence-corrected chi connectivity index (χ4v) is 6.12. The Morgan fingerprint density at radius 1 is 1.00 bits per heavy atom. The van der Waals surface area contributed by atoms with Gasteiger partial charge in [-0.3, -0.25) is 4.31 Å². The van der Waals surface area contributed by atoms with Crippen molar-refractivity contribution in [2.75, 3.05) is 21.7 Å². The molecular formula is C24H31N3O4S. The quantitative estimate of drug-likeness (QED) is 0.643. The number of fused-ring (bicyclic) bond motifs is 1. The number of likely N-dealkylation sites (tertiary alicyclic amines) is 1. The molecule has 4 rings (SSSR count). The van der Waals surface area contributed by atoms with Crippen LogP contribution in [0.4, 0.5) is 21.9 Å². The summed E-state index contributed by atoms with van der Waals surface area (Å²) in [5.74, 6) is 0. The molecule has 1 amide bonds. The van der Waals surface area contributed by atoms with E-state index >= 15 is 0 Å². The van der Waals surface area contributed by atoms with Crippen molar-refractivity contribution < 1.29 is 17.9 Å². The number of para-hydroxylation sites is 3. The number of piperidine rings is 1. The Morgan fingerprint density at radius 2 is 1.66 bits per heavy atom. The van der Waals surface area contributed by atoms with E-state index in [0.717, 1.165) is 19.3 Å². The minimum absolute atomic E-state index is 0.0493. The number of carbonyl (C=O) groups is 1. The topological polar surface area (TPSA) is 70.2 Å². The molecule has 0 spiro atoms. The summed E-state index contributed by atoms with van der Waals surface area (Å²) in [5.41, 5.74) is 1.35. The van der Waals surface area contributed by atoms with Crippen molar-refractivity contribution >= 4 is 33.4 Å². The minimum atomic E-state index is -3.78. The molecular weight excluding hydrogens is 426 g/mol. The molecule has 1 atom stereocenters. The summed E-state index contributed by atoms with van der Waals surface area (Å²) < 4.78 is 35.6. The summed E-state index contributed by atoms with van der Waals surface area (Å²) >= 11 is 0. The van der Waals surface area contributed by atoms with E-state index in [-0.39, 0.29) is 12.1 Å². The average molecular weight is 458 g/mol. The van der Waals surface area contributed by atoms with E-state index in [1.807, 2.05) is 63.2 Å². The first-order chi connectivity index (χ1) is 15.2. The third-order valence-corrected chi connectivity index (χ3v) is 7.59. The Labute approximate surface area is 190 Å². The van der Waals surface area contributed by atoms with Crippen LogP contribution >= 0.6 is 0 Å². The third kappa shape index (κ3) is 4.41. The van der Waals surface area contributed by atoms with Crippen molar-refractivity contribution in [3.05, 3.63) is 54.6 Å². The smallest absolute Gasteiger partial charge is 0.410 e. The van der Waals surface area contributed by atoms with Gasteiger partial charge in [-0.2, -0.15) is 8.42 Å². The van der Waals surface area contributed by atoms with Crippen LogP contribution in [0, 0.1) is 0 Å². The Kier molecular flexibility index (Phi) is 6.07. The number of nitrogens with zero attached hydrogens (tertiary/aromatic N) is 3. The zero-order valence-corrected chi connectivity index (χ0v) is 19.7. The molecule has 0 N–H and O–H groups in total. The Balaban J connectivity index is 1.57. The van der Waals surface area contributed by atoms with E-state index < -0.39 is 15.8 Å². The number of benzene rings is 2. The first-order valence-corrected chi connectivity index (χ1v) is 12.5. The molecule has 2 aliphatic rings. The SMILES string of the molecule is CC(C)(C)OC(=O)N1CCCCC1CCN1c2ccccc2N(c2ccccc2)S1(=O)=O. The molecule has 0 aromatic heterocycles. The van der Waals surface area contributed by atoms with Crippen LogP contribution in [0.5, 0.6) is 0 Å². The first-order valence-electron chi connectivity index (χ1n) is 11.2. The molecule has 0 saturated carbocycles. The van der Waals surface area contributed by atoms with Gasteiger partial charge in [-0.15, -0.1) is 0 Å². The minimum Gasteiger partial charge on any atom is -0.444 e. The highest BCUT2D eigenvalue weighted by molar-refractivity contribution is 7.95. The maximum absolute atomic E-state index is 13.6. The van der Waals surface area contributed by atoms with Crippen molar-refractivity contribution in [1.82, 2.24) is 4.90 Å². The molecule has 32 heavy (non-hydrogen) atoms. The highest BCUT2D eigenvalue weighted by Crippen LogP contribution is 2.45. The van der Waals surface area contributed by atoms with Crippen LogP contribution in [0.2, 0.25) is 0 Å². The lowest BCUT2D eigenvalue weighted by atomic mass is 10.00. The van der Waals surface area contributed by atoms with E-state index in [0.29, 0.717) is 36.6 Å². The Morgan fingerprint density at radius 3 is 2.34 bits per heavy atom. The molecule has 2 aliphatic heterocycles. The Bertz CT molecular complexity index is 1070. The Hall–Kier alpha value is -2.74. The number of hydrogen-bond donors (Lipinski definition) is 0. The van der Waals surface area contributed by atoms with Gasteiger partial charge in [-0.25, -0.2) is 9.10 Å². The summed E-state index contributed by atoms with van der Waals surface area (Å²) in [6.07, 6.45) is 3.02. The number of hydrogen-bond acceptors (Lipinski definition) is 4. The fourth-order valence-electron chi connectivity index (χ4n) is 4.39. The predicted molar refractivity (Wildman–Crippen MR) is 126 cm³/mol. The van der Waals surface area contributed by atoms with E-state index in [2.05, 4.69) is 0 Å². The molecule has 2 aromatic rings. The molecule has 1 fully saturated rings. The molecule has 0 bridgehead atoms. The zero-order chi connectivity index (χ0) is 22.9. The van der Waals surface area contributed by atoms with E-state index in [1.54, 1.807) is 17.0 Å². The molecule has 8 heteroatoms. The lowest BCUT2D eigenvalue weighted by Crippen LogP contribution is -2.47. The molecule has 7 nitrogen and oxygen atoms in total. The van der Waals surface area contributed by atoms with Crippen molar-refractivity contribution in [3.63, 3.8) is 0 Å². The largest absolute Gasteiger partial charge is 0.444 e. The number of amides is 1. The highest BCUT2D eigenvalue weighted by Gasteiger charge is 2.41.